The summed E-state index contributed by atoms with van der Waals surface area (Å²) in [5.41, 5.74) is 3.10. The van der Waals surface area contributed by atoms with E-state index in [1.165, 1.54) is 5.69 Å². The van der Waals surface area contributed by atoms with E-state index in [9.17, 15) is 4.79 Å². The number of benzene rings is 2. The summed E-state index contributed by atoms with van der Waals surface area (Å²) < 4.78 is 0. The number of nitrogens with zero attached hydrogens (tertiary/aromatic N) is 1. The average molecular weight is 281 g/mol. The summed E-state index contributed by atoms with van der Waals surface area (Å²) in [6.45, 7) is 8.10. The molecule has 0 atom stereocenters. The number of hydrogen-bond acceptors (Lipinski definition) is 2. The number of carbonyl (C=O) groups is 1. The second kappa shape index (κ2) is 8.75. The molecule has 0 N–H and O–H groups in total. The first kappa shape index (κ1) is 16.7. The standard InChI is InChI=1S/C10H13N.C9H10O/c1-3-9-11(2)10-7-5-4-6-8-10;1-7-5-3-4-6-9(7)8(2)10/h3-8H,1,9H2,2H3;3-6H,1-2H3. The smallest absolute Gasteiger partial charge is 0.160 e. The van der Waals surface area contributed by atoms with Gasteiger partial charge in [-0.1, -0.05) is 48.5 Å². The van der Waals surface area contributed by atoms with Gasteiger partial charge in [-0.15, -0.1) is 6.58 Å². The monoisotopic (exact) mass is 281 g/mol. The van der Waals surface area contributed by atoms with Crippen LogP contribution < -0.4 is 4.90 Å². The van der Waals surface area contributed by atoms with Gasteiger partial charge >= 0.3 is 0 Å². The Balaban J connectivity index is 0.000000211. The molecule has 2 rings (SSSR count). The van der Waals surface area contributed by atoms with Crippen LogP contribution in [0, 0.1) is 6.92 Å². The number of Topliss-reactive ketones (excluding diaryl/α,β-unsaturated/α-hetero) is 1. The van der Waals surface area contributed by atoms with Crippen LogP contribution >= 0.6 is 0 Å². The van der Waals surface area contributed by atoms with Gasteiger partial charge in [0.1, 0.15) is 0 Å². The normalized spacial score (nSPS) is 9.29. The van der Waals surface area contributed by atoms with Crippen molar-refractivity contribution >= 4 is 11.5 Å². The Kier molecular flexibility index (Phi) is 6.96. The van der Waals surface area contributed by atoms with Gasteiger partial charge in [0.25, 0.3) is 0 Å². The first-order chi connectivity index (χ1) is 10.1. The lowest BCUT2D eigenvalue weighted by Crippen LogP contribution is -2.15. The van der Waals surface area contributed by atoms with Crippen molar-refractivity contribution in [3.63, 3.8) is 0 Å². The first-order valence-corrected chi connectivity index (χ1v) is 7.00. The second-order valence-corrected chi connectivity index (χ2v) is 4.88. The van der Waals surface area contributed by atoms with E-state index in [1.54, 1.807) is 6.92 Å². The van der Waals surface area contributed by atoms with E-state index in [2.05, 4.69) is 30.7 Å². The minimum absolute atomic E-state index is 0.137. The molecule has 0 spiro atoms. The SMILES string of the molecule is C=CCN(C)c1ccccc1.CC(=O)c1ccccc1C. The maximum Gasteiger partial charge on any atom is 0.160 e. The maximum atomic E-state index is 10.9. The predicted octanol–water partition coefficient (Wildman–Crippen LogP) is 4.51. The number of hydrogen-bond donors (Lipinski definition) is 0. The van der Waals surface area contributed by atoms with Crippen molar-refractivity contribution in [2.75, 3.05) is 18.5 Å². The molecule has 0 fully saturated rings. The van der Waals surface area contributed by atoms with Crippen molar-refractivity contribution in [1.82, 2.24) is 0 Å². The number of aryl methyl sites for hydroxylation is 1. The van der Waals surface area contributed by atoms with Crippen LogP contribution in [0.2, 0.25) is 0 Å². The molecule has 0 heterocycles. The van der Waals surface area contributed by atoms with Gasteiger partial charge in [0.15, 0.2) is 5.78 Å². The Labute approximate surface area is 127 Å². The summed E-state index contributed by atoms with van der Waals surface area (Å²) in [7, 11) is 2.05. The molecule has 0 bridgehead atoms. The number of anilines is 1. The lowest BCUT2D eigenvalue weighted by atomic mass is 10.1. The van der Waals surface area contributed by atoms with E-state index in [0.29, 0.717) is 0 Å². The highest BCUT2D eigenvalue weighted by Crippen LogP contribution is 2.09. The molecule has 2 nitrogen and oxygen atoms in total. The highest BCUT2D eigenvalue weighted by atomic mass is 16.1. The van der Waals surface area contributed by atoms with Crippen LogP contribution in [0.4, 0.5) is 5.69 Å². The van der Waals surface area contributed by atoms with Crippen LogP contribution in [-0.2, 0) is 0 Å². The van der Waals surface area contributed by atoms with E-state index in [4.69, 9.17) is 0 Å². The van der Waals surface area contributed by atoms with E-state index in [-0.39, 0.29) is 5.78 Å². The molecule has 0 aliphatic heterocycles. The van der Waals surface area contributed by atoms with E-state index < -0.39 is 0 Å². The molecule has 2 aromatic rings. The molecular weight excluding hydrogens is 258 g/mol. The molecule has 0 aliphatic carbocycles. The quantitative estimate of drug-likeness (QED) is 0.607. The molecular formula is C19H23NO. The third kappa shape index (κ3) is 5.65. The number of carbonyl (C=O) groups excluding carboxylic acids is 1. The summed E-state index contributed by atoms with van der Waals surface area (Å²) in [5, 5.41) is 0. The molecule has 0 amide bonds. The average Bonchev–Trinajstić information content (AvgIpc) is 2.49. The number of para-hydroxylation sites is 1. The molecule has 2 heteroatoms. The van der Waals surface area contributed by atoms with Crippen LogP contribution in [-0.4, -0.2) is 19.4 Å². The van der Waals surface area contributed by atoms with Crippen molar-refractivity contribution in [1.29, 1.82) is 0 Å². The molecule has 0 saturated carbocycles. The Bertz CT molecular complexity index is 575. The zero-order valence-corrected chi connectivity index (χ0v) is 13.0. The minimum Gasteiger partial charge on any atom is -0.371 e. The summed E-state index contributed by atoms with van der Waals surface area (Å²) in [6.07, 6.45) is 1.90. The van der Waals surface area contributed by atoms with E-state index in [1.807, 2.05) is 55.5 Å². The Hall–Kier alpha value is -2.35. The van der Waals surface area contributed by atoms with Crippen molar-refractivity contribution in [2.45, 2.75) is 13.8 Å². The topological polar surface area (TPSA) is 20.3 Å². The van der Waals surface area contributed by atoms with Gasteiger partial charge in [0, 0.05) is 24.8 Å². The number of ketones is 1. The lowest BCUT2D eigenvalue weighted by Gasteiger charge is -2.16. The highest BCUT2D eigenvalue weighted by molar-refractivity contribution is 5.95. The van der Waals surface area contributed by atoms with Crippen LogP contribution in [0.15, 0.2) is 67.3 Å². The van der Waals surface area contributed by atoms with Gasteiger partial charge in [-0.3, -0.25) is 4.79 Å². The summed E-state index contributed by atoms with van der Waals surface area (Å²) in [4.78, 5) is 13.0. The fourth-order valence-electron chi connectivity index (χ4n) is 1.95. The Morgan fingerprint density at radius 1 is 1.10 bits per heavy atom. The molecule has 0 saturated heterocycles. The lowest BCUT2D eigenvalue weighted by molar-refractivity contribution is 0.101. The molecule has 0 radical (unpaired) electrons. The zero-order chi connectivity index (χ0) is 15.7. The van der Waals surface area contributed by atoms with Gasteiger partial charge in [-0.2, -0.15) is 0 Å². The molecule has 0 aliphatic rings. The van der Waals surface area contributed by atoms with Gasteiger partial charge in [0.2, 0.25) is 0 Å². The molecule has 21 heavy (non-hydrogen) atoms. The van der Waals surface area contributed by atoms with Crippen LogP contribution in [0.1, 0.15) is 22.8 Å². The fourth-order valence-corrected chi connectivity index (χ4v) is 1.95. The second-order valence-electron chi connectivity index (χ2n) is 4.88. The molecule has 0 aromatic heterocycles. The third-order valence-corrected chi connectivity index (χ3v) is 3.12. The number of likely N-dealkylation sites (N-methyl/N-ethyl adjacent to an activating group) is 1. The largest absolute Gasteiger partial charge is 0.371 e. The van der Waals surface area contributed by atoms with Crippen molar-refractivity contribution in [3.05, 3.63) is 78.4 Å². The van der Waals surface area contributed by atoms with E-state index >= 15 is 0 Å². The minimum atomic E-state index is 0.137. The van der Waals surface area contributed by atoms with Crippen LogP contribution in [0.3, 0.4) is 0 Å². The third-order valence-electron chi connectivity index (χ3n) is 3.12. The van der Waals surface area contributed by atoms with Gasteiger partial charge < -0.3 is 4.90 Å². The predicted molar refractivity (Wildman–Crippen MR) is 91.1 cm³/mol. The Morgan fingerprint density at radius 2 is 1.67 bits per heavy atom. The Morgan fingerprint density at radius 3 is 2.14 bits per heavy atom. The van der Waals surface area contributed by atoms with Crippen molar-refractivity contribution in [2.24, 2.45) is 0 Å². The van der Waals surface area contributed by atoms with Crippen LogP contribution in [0.25, 0.3) is 0 Å². The van der Waals surface area contributed by atoms with Gasteiger partial charge in [-0.05, 0) is 31.5 Å². The summed E-state index contributed by atoms with van der Waals surface area (Å²) in [6, 6.07) is 17.9. The van der Waals surface area contributed by atoms with Crippen molar-refractivity contribution < 1.29 is 4.79 Å². The first-order valence-electron chi connectivity index (χ1n) is 7.00. The summed E-state index contributed by atoms with van der Waals surface area (Å²) >= 11 is 0. The fraction of sp³-hybridized carbons (Fsp3) is 0.211. The molecule has 2 aromatic carbocycles. The maximum absolute atomic E-state index is 10.9. The van der Waals surface area contributed by atoms with Gasteiger partial charge in [0.05, 0.1) is 0 Å². The molecule has 110 valence electrons. The zero-order valence-electron chi connectivity index (χ0n) is 13.0. The number of rotatable bonds is 4. The highest BCUT2D eigenvalue weighted by Gasteiger charge is 1.99. The van der Waals surface area contributed by atoms with E-state index in [0.717, 1.165) is 17.7 Å². The summed E-state index contributed by atoms with van der Waals surface area (Å²) in [5.74, 6) is 0.137. The molecule has 0 unspecified atom stereocenters. The van der Waals surface area contributed by atoms with Crippen molar-refractivity contribution in [3.8, 4) is 0 Å². The van der Waals surface area contributed by atoms with Gasteiger partial charge in [-0.25, -0.2) is 0 Å². The van der Waals surface area contributed by atoms with Crippen LogP contribution in [0.5, 0.6) is 0 Å².